The molecule has 0 aliphatic carbocycles. The minimum atomic E-state index is -0.275. The predicted octanol–water partition coefficient (Wildman–Crippen LogP) is 3.33. The van der Waals surface area contributed by atoms with E-state index in [9.17, 15) is 15.3 Å². The molecule has 4 rings (SSSR count). The fourth-order valence-corrected chi connectivity index (χ4v) is 3.95. The molecule has 2 aromatic carbocycles. The number of ether oxygens (including phenoxy) is 1. The average molecular weight is 384 g/mol. The number of para-hydroxylation sites is 2. The van der Waals surface area contributed by atoms with Gasteiger partial charge in [0, 0.05) is 38.4 Å². The second-order valence-corrected chi connectivity index (χ2v) is 7.13. The van der Waals surface area contributed by atoms with E-state index in [1.54, 1.807) is 13.1 Å². The fraction of sp³-hybridized carbons (Fsp3) is 0.261. The van der Waals surface area contributed by atoms with E-state index in [4.69, 9.17) is 4.74 Å². The maximum Gasteiger partial charge on any atom is 0.270 e. The number of aromatic nitrogens is 1. The second-order valence-electron chi connectivity index (χ2n) is 7.13. The van der Waals surface area contributed by atoms with Crippen LogP contribution in [-0.4, -0.2) is 23.8 Å². The van der Waals surface area contributed by atoms with Gasteiger partial charge in [0.25, 0.3) is 5.56 Å². The molecule has 0 N–H and O–H groups in total. The predicted molar refractivity (Wildman–Crippen MR) is 111 cm³/mol. The van der Waals surface area contributed by atoms with Crippen LogP contribution >= 0.6 is 0 Å². The maximum atomic E-state index is 12.7. The van der Waals surface area contributed by atoms with E-state index < -0.39 is 0 Å². The van der Waals surface area contributed by atoms with Gasteiger partial charge in [0.2, 0.25) is 0 Å². The summed E-state index contributed by atoms with van der Waals surface area (Å²) in [6, 6.07) is 19.2. The van der Waals surface area contributed by atoms with Gasteiger partial charge in [-0.2, -0.15) is 10.5 Å². The number of pyridine rings is 1. The number of benzene rings is 2. The molecule has 3 aromatic rings. The molecule has 1 aromatic heterocycles. The fourth-order valence-electron chi connectivity index (χ4n) is 3.95. The van der Waals surface area contributed by atoms with Crippen LogP contribution in [0, 0.1) is 22.7 Å². The Morgan fingerprint density at radius 1 is 1.00 bits per heavy atom. The number of anilines is 1. The van der Waals surface area contributed by atoms with Crippen molar-refractivity contribution in [1.29, 1.82) is 10.5 Å². The Balaban J connectivity index is 1.62. The van der Waals surface area contributed by atoms with Crippen LogP contribution in [0.4, 0.5) is 5.69 Å². The summed E-state index contributed by atoms with van der Waals surface area (Å²) in [7, 11) is 1.70. The molecule has 6 nitrogen and oxygen atoms in total. The van der Waals surface area contributed by atoms with Crippen molar-refractivity contribution in [1.82, 2.24) is 4.57 Å². The Labute approximate surface area is 168 Å². The van der Waals surface area contributed by atoms with Gasteiger partial charge in [-0.1, -0.05) is 30.3 Å². The van der Waals surface area contributed by atoms with Crippen LogP contribution in [-0.2, 0) is 7.05 Å². The van der Waals surface area contributed by atoms with Crippen molar-refractivity contribution in [2.24, 2.45) is 7.05 Å². The first kappa shape index (κ1) is 18.6. The summed E-state index contributed by atoms with van der Waals surface area (Å²) in [5, 5.41) is 19.8. The summed E-state index contributed by atoms with van der Waals surface area (Å²) >= 11 is 0. The molecule has 0 radical (unpaired) electrons. The Morgan fingerprint density at radius 2 is 1.69 bits per heavy atom. The SMILES string of the molecule is Cn1c(=O)c(C#N)c(N2CCC(Oc3ccccc3C#N)CC2)c2ccccc21. The number of hydrogen-bond acceptors (Lipinski definition) is 5. The third-order valence-electron chi connectivity index (χ3n) is 5.45. The highest BCUT2D eigenvalue weighted by Crippen LogP contribution is 2.31. The van der Waals surface area contributed by atoms with Crippen LogP contribution in [0.15, 0.2) is 53.3 Å². The summed E-state index contributed by atoms with van der Waals surface area (Å²) in [6.07, 6.45) is 1.48. The van der Waals surface area contributed by atoms with E-state index in [1.807, 2.05) is 42.5 Å². The topological polar surface area (TPSA) is 82.1 Å². The molecule has 0 amide bonds. The minimum Gasteiger partial charge on any atom is -0.489 e. The van der Waals surface area contributed by atoms with Gasteiger partial charge in [-0.3, -0.25) is 4.79 Å². The number of rotatable bonds is 3. The number of piperidine rings is 1. The highest BCUT2D eigenvalue weighted by molar-refractivity contribution is 5.94. The van der Waals surface area contributed by atoms with Crippen LogP contribution < -0.4 is 15.2 Å². The van der Waals surface area contributed by atoms with Crippen molar-refractivity contribution < 1.29 is 4.74 Å². The molecule has 1 aliphatic heterocycles. The summed E-state index contributed by atoms with van der Waals surface area (Å²) in [5.41, 5.74) is 1.96. The van der Waals surface area contributed by atoms with E-state index in [1.165, 1.54) is 4.57 Å². The zero-order valence-electron chi connectivity index (χ0n) is 16.1. The van der Waals surface area contributed by atoms with Crippen LogP contribution in [0.2, 0.25) is 0 Å². The molecule has 2 heterocycles. The van der Waals surface area contributed by atoms with E-state index in [0.717, 1.165) is 23.7 Å². The van der Waals surface area contributed by atoms with Crippen molar-refractivity contribution in [3.05, 3.63) is 70.0 Å². The molecule has 6 heteroatoms. The molecule has 1 aliphatic rings. The van der Waals surface area contributed by atoms with Gasteiger partial charge >= 0.3 is 0 Å². The van der Waals surface area contributed by atoms with Crippen molar-refractivity contribution in [3.63, 3.8) is 0 Å². The van der Waals surface area contributed by atoms with Gasteiger partial charge in [-0.15, -0.1) is 0 Å². The molecule has 0 unspecified atom stereocenters. The molecule has 0 atom stereocenters. The summed E-state index contributed by atoms with van der Waals surface area (Å²) in [6.45, 7) is 1.34. The van der Waals surface area contributed by atoms with Crippen molar-refractivity contribution in [2.45, 2.75) is 18.9 Å². The molecular formula is C23H20N4O2. The van der Waals surface area contributed by atoms with Crippen LogP contribution in [0.25, 0.3) is 10.9 Å². The molecule has 0 bridgehead atoms. The van der Waals surface area contributed by atoms with Gasteiger partial charge in [0.15, 0.2) is 0 Å². The number of nitriles is 2. The third kappa shape index (κ3) is 3.30. The summed E-state index contributed by atoms with van der Waals surface area (Å²) < 4.78 is 7.60. The maximum absolute atomic E-state index is 12.7. The van der Waals surface area contributed by atoms with Crippen LogP contribution in [0.3, 0.4) is 0 Å². The van der Waals surface area contributed by atoms with Gasteiger partial charge < -0.3 is 14.2 Å². The molecule has 0 spiro atoms. The van der Waals surface area contributed by atoms with Crippen molar-refractivity contribution >= 4 is 16.6 Å². The summed E-state index contributed by atoms with van der Waals surface area (Å²) in [4.78, 5) is 14.8. The highest BCUT2D eigenvalue weighted by Gasteiger charge is 2.26. The first-order valence-corrected chi connectivity index (χ1v) is 9.56. The third-order valence-corrected chi connectivity index (χ3v) is 5.45. The van der Waals surface area contributed by atoms with Crippen molar-refractivity contribution in [2.75, 3.05) is 18.0 Å². The Bertz CT molecular complexity index is 1210. The molecular weight excluding hydrogens is 364 g/mol. The van der Waals surface area contributed by atoms with Gasteiger partial charge in [-0.05, 0) is 18.2 Å². The van der Waals surface area contributed by atoms with E-state index >= 15 is 0 Å². The van der Waals surface area contributed by atoms with Gasteiger partial charge in [0.1, 0.15) is 29.6 Å². The Kier molecular flexibility index (Phi) is 4.93. The first-order valence-electron chi connectivity index (χ1n) is 9.56. The lowest BCUT2D eigenvalue weighted by Crippen LogP contribution is -2.40. The van der Waals surface area contributed by atoms with Crippen LogP contribution in [0.1, 0.15) is 24.0 Å². The Hall–Kier alpha value is -3.77. The first-order chi connectivity index (χ1) is 14.1. The number of aryl methyl sites for hydroxylation is 1. The summed E-state index contributed by atoms with van der Waals surface area (Å²) in [5.74, 6) is 0.602. The molecule has 1 fully saturated rings. The van der Waals surface area contributed by atoms with E-state index in [-0.39, 0.29) is 17.2 Å². The van der Waals surface area contributed by atoms with Gasteiger partial charge in [-0.25, -0.2) is 0 Å². The number of nitrogens with zero attached hydrogens (tertiary/aromatic N) is 4. The lowest BCUT2D eigenvalue weighted by molar-refractivity contribution is 0.170. The van der Waals surface area contributed by atoms with E-state index in [0.29, 0.717) is 30.1 Å². The van der Waals surface area contributed by atoms with Crippen molar-refractivity contribution in [3.8, 4) is 17.9 Å². The zero-order valence-corrected chi connectivity index (χ0v) is 16.1. The number of fused-ring (bicyclic) bond motifs is 1. The number of hydrogen-bond donors (Lipinski definition) is 0. The lowest BCUT2D eigenvalue weighted by atomic mass is 10.0. The quantitative estimate of drug-likeness (QED) is 0.692. The van der Waals surface area contributed by atoms with Crippen LogP contribution in [0.5, 0.6) is 5.75 Å². The molecule has 1 saturated heterocycles. The molecule has 29 heavy (non-hydrogen) atoms. The molecule has 0 saturated carbocycles. The molecule has 144 valence electrons. The highest BCUT2D eigenvalue weighted by atomic mass is 16.5. The van der Waals surface area contributed by atoms with E-state index in [2.05, 4.69) is 17.0 Å². The smallest absolute Gasteiger partial charge is 0.270 e. The largest absolute Gasteiger partial charge is 0.489 e. The second kappa shape index (κ2) is 7.69. The normalized spacial score (nSPS) is 14.4. The average Bonchev–Trinajstić information content (AvgIpc) is 2.77. The standard InChI is InChI=1S/C23H20N4O2/c1-26-20-8-4-3-7-18(20)22(19(15-25)23(26)28)27-12-10-17(11-13-27)29-21-9-5-2-6-16(21)14-24/h2-9,17H,10-13H2,1H3. The zero-order chi connectivity index (χ0) is 20.4. The van der Waals surface area contributed by atoms with Gasteiger partial charge in [0.05, 0.1) is 16.8 Å². The lowest BCUT2D eigenvalue weighted by Gasteiger charge is -2.35. The minimum absolute atomic E-state index is 0.0101. The Morgan fingerprint density at radius 3 is 2.41 bits per heavy atom. The monoisotopic (exact) mass is 384 g/mol.